The van der Waals surface area contributed by atoms with Gasteiger partial charge in [0.2, 0.25) is 0 Å². The number of benzene rings is 2. The van der Waals surface area contributed by atoms with Gasteiger partial charge in [0.15, 0.2) is 11.6 Å². The molecule has 0 aliphatic rings. The lowest BCUT2D eigenvalue weighted by Gasteiger charge is -2.10. The average molecular weight is 432 g/mol. The fraction of sp³-hybridized carbons (Fsp3) is 0.391. The van der Waals surface area contributed by atoms with Crippen molar-refractivity contribution in [1.82, 2.24) is 14.8 Å². The summed E-state index contributed by atoms with van der Waals surface area (Å²) in [6, 6.07) is 13.3. The van der Waals surface area contributed by atoms with Crippen LogP contribution in [0.15, 0.2) is 42.5 Å². The highest BCUT2D eigenvalue weighted by molar-refractivity contribution is 6.33. The third kappa shape index (κ3) is 5.74. The fourth-order valence-corrected chi connectivity index (χ4v) is 3.60. The van der Waals surface area contributed by atoms with Crippen LogP contribution in [-0.2, 0) is 7.05 Å². The summed E-state index contributed by atoms with van der Waals surface area (Å²) in [4.78, 5) is 4.69. The highest BCUT2D eigenvalue weighted by Crippen LogP contribution is 2.32. The minimum absolute atomic E-state index is 0.595. The maximum Gasteiger partial charge on any atom is 0.183 e. The van der Waals surface area contributed by atoms with Gasteiger partial charge in [-0.05, 0) is 36.8 Å². The molecule has 0 aliphatic carbocycles. The minimum Gasteiger partial charge on any atom is -0.492 e. The molecule has 0 unspecified atom stereocenters. The van der Waals surface area contributed by atoms with Gasteiger partial charge in [0.1, 0.15) is 5.75 Å². The summed E-state index contributed by atoms with van der Waals surface area (Å²) in [5.41, 5.74) is 1.71. The second-order valence-corrected chi connectivity index (χ2v) is 7.94. The zero-order chi connectivity index (χ0) is 20.6. The van der Waals surface area contributed by atoms with Crippen molar-refractivity contribution in [3.8, 4) is 28.5 Å². The second kappa shape index (κ2) is 10.7. The molecule has 0 aliphatic heterocycles. The van der Waals surface area contributed by atoms with Crippen molar-refractivity contribution < 1.29 is 4.74 Å². The molecule has 0 saturated heterocycles. The van der Waals surface area contributed by atoms with E-state index in [0.29, 0.717) is 28.2 Å². The molecule has 0 radical (unpaired) electrons. The van der Waals surface area contributed by atoms with Crippen LogP contribution in [0.3, 0.4) is 0 Å². The quantitative estimate of drug-likeness (QED) is 0.318. The van der Waals surface area contributed by atoms with Gasteiger partial charge in [-0.1, -0.05) is 74.4 Å². The van der Waals surface area contributed by atoms with E-state index in [1.54, 1.807) is 4.68 Å². The number of halogens is 2. The summed E-state index contributed by atoms with van der Waals surface area (Å²) >= 11 is 12.6. The minimum atomic E-state index is 0.595. The monoisotopic (exact) mass is 431 g/mol. The molecule has 3 aromatic rings. The summed E-state index contributed by atoms with van der Waals surface area (Å²) in [5, 5.41) is 5.76. The van der Waals surface area contributed by atoms with Gasteiger partial charge in [0.25, 0.3) is 0 Å². The van der Waals surface area contributed by atoms with E-state index in [1.807, 2.05) is 49.5 Å². The lowest BCUT2D eigenvalue weighted by atomic mass is 10.1. The van der Waals surface area contributed by atoms with Crippen molar-refractivity contribution in [2.24, 2.45) is 7.05 Å². The van der Waals surface area contributed by atoms with Crippen LogP contribution >= 0.6 is 23.2 Å². The van der Waals surface area contributed by atoms with Crippen molar-refractivity contribution in [2.75, 3.05) is 6.61 Å². The number of unbranched alkanes of at least 4 members (excludes halogenated alkanes) is 5. The Labute approximate surface area is 182 Å². The molecule has 0 fully saturated rings. The molecular weight excluding hydrogens is 405 g/mol. The Balaban J connectivity index is 1.70. The molecule has 1 aromatic heterocycles. The Morgan fingerprint density at radius 3 is 2.48 bits per heavy atom. The molecule has 3 rings (SSSR count). The van der Waals surface area contributed by atoms with Gasteiger partial charge in [0, 0.05) is 18.2 Å². The molecule has 0 saturated carbocycles. The molecule has 6 heteroatoms. The Kier molecular flexibility index (Phi) is 7.96. The van der Waals surface area contributed by atoms with Gasteiger partial charge < -0.3 is 4.74 Å². The van der Waals surface area contributed by atoms with Crippen LogP contribution in [0.5, 0.6) is 5.75 Å². The highest BCUT2D eigenvalue weighted by Gasteiger charge is 2.15. The molecule has 0 N–H and O–H groups in total. The Morgan fingerprint density at radius 1 is 0.931 bits per heavy atom. The molecule has 1 heterocycles. The van der Waals surface area contributed by atoms with E-state index in [9.17, 15) is 0 Å². The van der Waals surface area contributed by atoms with Gasteiger partial charge in [0.05, 0.1) is 16.7 Å². The average Bonchev–Trinajstić information content (AvgIpc) is 3.10. The third-order valence-electron chi connectivity index (χ3n) is 4.82. The molecule has 0 amide bonds. The highest BCUT2D eigenvalue weighted by atomic mass is 35.5. The van der Waals surface area contributed by atoms with Gasteiger partial charge in [-0.25, -0.2) is 9.67 Å². The predicted molar refractivity (Wildman–Crippen MR) is 121 cm³/mol. The number of ether oxygens (including phenoxy) is 1. The van der Waals surface area contributed by atoms with E-state index >= 15 is 0 Å². The molecule has 4 nitrogen and oxygen atoms in total. The zero-order valence-electron chi connectivity index (χ0n) is 17.0. The van der Waals surface area contributed by atoms with Crippen molar-refractivity contribution in [2.45, 2.75) is 45.4 Å². The zero-order valence-corrected chi connectivity index (χ0v) is 18.5. The number of rotatable bonds is 10. The first-order valence-electron chi connectivity index (χ1n) is 10.2. The van der Waals surface area contributed by atoms with Crippen LogP contribution in [0, 0.1) is 0 Å². The predicted octanol–water partition coefficient (Wildman–Crippen LogP) is 7.20. The van der Waals surface area contributed by atoms with Crippen molar-refractivity contribution >= 4 is 23.2 Å². The smallest absolute Gasteiger partial charge is 0.183 e. The van der Waals surface area contributed by atoms with Crippen LogP contribution in [0.2, 0.25) is 10.0 Å². The first-order chi connectivity index (χ1) is 14.1. The van der Waals surface area contributed by atoms with Crippen LogP contribution in [-0.4, -0.2) is 21.4 Å². The lowest BCUT2D eigenvalue weighted by molar-refractivity contribution is 0.304. The molecule has 154 valence electrons. The third-order valence-corrected chi connectivity index (χ3v) is 5.46. The van der Waals surface area contributed by atoms with Gasteiger partial charge in [-0.2, -0.15) is 5.10 Å². The molecule has 0 atom stereocenters. The van der Waals surface area contributed by atoms with Gasteiger partial charge >= 0.3 is 0 Å². The first-order valence-corrected chi connectivity index (χ1v) is 10.9. The number of aryl methyl sites for hydroxylation is 1. The molecule has 0 spiro atoms. The lowest BCUT2D eigenvalue weighted by Crippen LogP contribution is -1.99. The van der Waals surface area contributed by atoms with Gasteiger partial charge in [-0.3, -0.25) is 0 Å². The second-order valence-electron chi connectivity index (χ2n) is 7.12. The van der Waals surface area contributed by atoms with E-state index in [0.717, 1.165) is 23.4 Å². The number of aromatic nitrogens is 3. The Hall–Kier alpha value is -2.04. The van der Waals surface area contributed by atoms with Crippen molar-refractivity contribution in [3.05, 3.63) is 52.5 Å². The van der Waals surface area contributed by atoms with Gasteiger partial charge in [-0.15, -0.1) is 0 Å². The number of nitrogens with zero attached hydrogens (tertiary/aromatic N) is 3. The van der Waals surface area contributed by atoms with E-state index in [2.05, 4.69) is 17.0 Å². The standard InChI is InChI=1S/C23H27Cl2N3O/c1-3-4-5-6-7-10-15-29-21-16-17(13-14-20(21)25)23-26-22(27-28(23)2)18-11-8-9-12-19(18)24/h8-9,11-14,16H,3-7,10,15H2,1-2H3. The Morgan fingerprint density at radius 2 is 1.69 bits per heavy atom. The topological polar surface area (TPSA) is 39.9 Å². The maximum atomic E-state index is 6.34. The number of hydrogen-bond acceptors (Lipinski definition) is 3. The largest absolute Gasteiger partial charge is 0.492 e. The molecule has 29 heavy (non-hydrogen) atoms. The SMILES string of the molecule is CCCCCCCCOc1cc(-c2nc(-c3ccccc3Cl)nn2C)ccc1Cl. The summed E-state index contributed by atoms with van der Waals surface area (Å²) in [6.07, 6.45) is 7.34. The summed E-state index contributed by atoms with van der Waals surface area (Å²) in [5.74, 6) is 2.01. The van der Waals surface area contributed by atoms with Crippen LogP contribution < -0.4 is 4.74 Å². The Bertz CT molecular complexity index is 940. The van der Waals surface area contributed by atoms with Crippen LogP contribution in [0.4, 0.5) is 0 Å². The summed E-state index contributed by atoms with van der Waals surface area (Å²) < 4.78 is 7.69. The van der Waals surface area contributed by atoms with E-state index in [4.69, 9.17) is 27.9 Å². The number of hydrogen-bond donors (Lipinski definition) is 0. The molecular formula is C23H27Cl2N3O. The van der Waals surface area contributed by atoms with E-state index < -0.39 is 0 Å². The van der Waals surface area contributed by atoms with E-state index in [1.165, 1.54) is 32.1 Å². The van der Waals surface area contributed by atoms with Crippen LogP contribution in [0.1, 0.15) is 45.4 Å². The maximum absolute atomic E-state index is 6.34. The fourth-order valence-electron chi connectivity index (χ4n) is 3.21. The molecule has 0 bridgehead atoms. The van der Waals surface area contributed by atoms with E-state index in [-0.39, 0.29) is 0 Å². The normalized spacial score (nSPS) is 11.0. The van der Waals surface area contributed by atoms with Crippen molar-refractivity contribution in [1.29, 1.82) is 0 Å². The first kappa shape index (κ1) is 21.7. The summed E-state index contributed by atoms with van der Waals surface area (Å²) in [7, 11) is 1.87. The summed E-state index contributed by atoms with van der Waals surface area (Å²) in [6.45, 7) is 2.89. The molecule has 2 aromatic carbocycles. The van der Waals surface area contributed by atoms with Crippen LogP contribution in [0.25, 0.3) is 22.8 Å². The van der Waals surface area contributed by atoms with Crippen molar-refractivity contribution in [3.63, 3.8) is 0 Å².